The number of hydrogen-bond acceptors (Lipinski definition) is 1. The number of fused-ring (bicyclic) bond motifs is 1. The molecule has 0 aliphatic carbocycles. The summed E-state index contributed by atoms with van der Waals surface area (Å²) in [5.74, 6) is 1.21. The standard InChI is InChI=1S/C17H17N2O/c1-13-18(2)10-11-19(13)12-17(20)16-9-5-7-14-6-3-4-8-15(14)16/h3-11H,12H2,1-2H3/q+1. The lowest BCUT2D eigenvalue weighted by Gasteiger charge is -2.05. The lowest BCUT2D eigenvalue weighted by Crippen LogP contribution is -2.30. The molecular formula is C17H17N2O+. The smallest absolute Gasteiger partial charge is 0.253 e. The minimum absolute atomic E-state index is 0.140. The number of rotatable bonds is 3. The van der Waals surface area contributed by atoms with Gasteiger partial charge in [-0.3, -0.25) is 4.79 Å². The van der Waals surface area contributed by atoms with Crippen LogP contribution >= 0.6 is 0 Å². The first-order valence-corrected chi connectivity index (χ1v) is 6.69. The Hall–Kier alpha value is -2.42. The predicted molar refractivity (Wildman–Crippen MR) is 78.6 cm³/mol. The monoisotopic (exact) mass is 265 g/mol. The summed E-state index contributed by atoms with van der Waals surface area (Å²) in [7, 11) is 1.98. The van der Waals surface area contributed by atoms with Gasteiger partial charge in [0.15, 0.2) is 6.54 Å². The van der Waals surface area contributed by atoms with E-state index in [0.29, 0.717) is 6.54 Å². The van der Waals surface area contributed by atoms with Gasteiger partial charge >= 0.3 is 0 Å². The largest absolute Gasteiger partial charge is 0.290 e. The van der Waals surface area contributed by atoms with Gasteiger partial charge in [0, 0.05) is 12.5 Å². The highest BCUT2D eigenvalue weighted by Gasteiger charge is 2.16. The van der Waals surface area contributed by atoms with Gasteiger partial charge in [-0.1, -0.05) is 42.5 Å². The van der Waals surface area contributed by atoms with Crippen molar-refractivity contribution in [3.05, 3.63) is 66.2 Å². The fourth-order valence-corrected chi connectivity index (χ4v) is 2.47. The minimum Gasteiger partial charge on any atom is -0.290 e. The van der Waals surface area contributed by atoms with E-state index >= 15 is 0 Å². The summed E-state index contributed by atoms with van der Waals surface area (Å²) in [5, 5.41) is 2.13. The maximum Gasteiger partial charge on any atom is 0.253 e. The maximum absolute atomic E-state index is 12.6. The number of aromatic nitrogens is 2. The molecule has 0 spiro atoms. The molecule has 0 saturated carbocycles. The zero-order valence-electron chi connectivity index (χ0n) is 11.7. The number of Topliss-reactive ketones (excluding diaryl/α,β-unsaturated/α-hetero) is 1. The fraction of sp³-hybridized carbons (Fsp3) is 0.176. The van der Waals surface area contributed by atoms with Crippen LogP contribution in [0.25, 0.3) is 10.8 Å². The van der Waals surface area contributed by atoms with E-state index in [4.69, 9.17) is 0 Å². The molecule has 0 fully saturated rings. The summed E-state index contributed by atoms with van der Waals surface area (Å²) in [6, 6.07) is 13.9. The highest BCUT2D eigenvalue weighted by Crippen LogP contribution is 2.19. The van der Waals surface area contributed by atoms with Crippen LogP contribution in [0.2, 0.25) is 0 Å². The van der Waals surface area contributed by atoms with Crippen molar-refractivity contribution in [1.29, 1.82) is 0 Å². The quantitative estimate of drug-likeness (QED) is 0.528. The van der Waals surface area contributed by atoms with Gasteiger partial charge in [-0.15, -0.1) is 0 Å². The molecule has 3 nitrogen and oxygen atoms in total. The van der Waals surface area contributed by atoms with Crippen molar-refractivity contribution in [2.75, 3.05) is 0 Å². The number of benzene rings is 2. The Labute approximate surface area is 118 Å². The summed E-state index contributed by atoms with van der Waals surface area (Å²) in [5.41, 5.74) is 0.791. The molecule has 0 radical (unpaired) electrons. The van der Waals surface area contributed by atoms with Crippen LogP contribution in [0, 0.1) is 6.92 Å². The van der Waals surface area contributed by atoms with Crippen LogP contribution < -0.4 is 4.57 Å². The third-order valence-corrected chi connectivity index (χ3v) is 3.80. The lowest BCUT2D eigenvalue weighted by atomic mass is 10.0. The second kappa shape index (κ2) is 4.93. The number of ketones is 1. The van der Waals surface area contributed by atoms with Crippen molar-refractivity contribution >= 4 is 16.6 Å². The molecule has 0 aliphatic heterocycles. The molecule has 3 aromatic rings. The molecular weight excluding hydrogens is 248 g/mol. The van der Waals surface area contributed by atoms with E-state index < -0.39 is 0 Å². The first-order valence-electron chi connectivity index (χ1n) is 6.69. The highest BCUT2D eigenvalue weighted by molar-refractivity contribution is 6.07. The number of carbonyl (C=O) groups is 1. The normalized spacial score (nSPS) is 10.9. The number of aryl methyl sites for hydroxylation is 1. The predicted octanol–water partition coefficient (Wildman–Crippen LogP) is 2.66. The van der Waals surface area contributed by atoms with Gasteiger partial charge in [0.1, 0.15) is 12.4 Å². The molecule has 1 heterocycles. The lowest BCUT2D eigenvalue weighted by molar-refractivity contribution is -0.677. The zero-order valence-corrected chi connectivity index (χ0v) is 11.7. The van der Waals surface area contributed by atoms with Crippen LogP contribution in [0.3, 0.4) is 0 Å². The van der Waals surface area contributed by atoms with Crippen molar-refractivity contribution in [3.8, 4) is 0 Å². The van der Waals surface area contributed by atoms with E-state index in [0.717, 1.165) is 22.2 Å². The average molecular weight is 265 g/mol. The SMILES string of the molecule is Cc1n(CC(=O)c2cccc3ccccc23)cc[n+]1C. The number of carbonyl (C=O) groups excluding carboxylic acids is 1. The van der Waals surface area contributed by atoms with Gasteiger partial charge in [0.05, 0.1) is 7.05 Å². The summed E-state index contributed by atoms with van der Waals surface area (Å²) in [4.78, 5) is 12.6. The van der Waals surface area contributed by atoms with Gasteiger partial charge in [0.25, 0.3) is 5.82 Å². The third-order valence-electron chi connectivity index (χ3n) is 3.80. The van der Waals surface area contributed by atoms with Crippen molar-refractivity contribution in [2.45, 2.75) is 13.5 Å². The Morgan fingerprint density at radius 2 is 1.90 bits per heavy atom. The van der Waals surface area contributed by atoms with E-state index in [9.17, 15) is 4.79 Å². The topological polar surface area (TPSA) is 25.9 Å². The molecule has 0 unspecified atom stereocenters. The van der Waals surface area contributed by atoms with Crippen LogP contribution in [0.5, 0.6) is 0 Å². The van der Waals surface area contributed by atoms with Gasteiger partial charge < -0.3 is 0 Å². The minimum atomic E-state index is 0.140. The van der Waals surface area contributed by atoms with Crippen LogP contribution in [-0.2, 0) is 13.6 Å². The van der Waals surface area contributed by atoms with Gasteiger partial charge in [-0.25, -0.2) is 9.13 Å². The Kier molecular flexibility index (Phi) is 3.11. The van der Waals surface area contributed by atoms with Crippen molar-refractivity contribution < 1.29 is 9.36 Å². The first kappa shape index (κ1) is 12.6. The van der Waals surface area contributed by atoms with Crippen LogP contribution in [0.1, 0.15) is 16.2 Å². The highest BCUT2D eigenvalue weighted by atomic mass is 16.1. The van der Waals surface area contributed by atoms with Crippen molar-refractivity contribution in [3.63, 3.8) is 0 Å². The Bertz CT molecular complexity index is 781. The molecule has 0 atom stereocenters. The first-order chi connectivity index (χ1) is 9.66. The summed E-state index contributed by atoms with van der Waals surface area (Å²) < 4.78 is 3.99. The molecule has 0 amide bonds. The Morgan fingerprint density at radius 1 is 1.15 bits per heavy atom. The Balaban J connectivity index is 1.99. The van der Waals surface area contributed by atoms with E-state index in [1.54, 1.807) is 0 Å². The van der Waals surface area contributed by atoms with E-state index in [-0.39, 0.29) is 5.78 Å². The average Bonchev–Trinajstić information content (AvgIpc) is 2.78. The van der Waals surface area contributed by atoms with Gasteiger partial charge in [-0.2, -0.15) is 0 Å². The maximum atomic E-state index is 12.6. The Morgan fingerprint density at radius 3 is 2.65 bits per heavy atom. The zero-order chi connectivity index (χ0) is 14.1. The molecule has 1 aromatic heterocycles. The molecule has 3 rings (SSSR count). The molecule has 20 heavy (non-hydrogen) atoms. The molecule has 3 heteroatoms. The van der Waals surface area contributed by atoms with Crippen LogP contribution in [0.15, 0.2) is 54.9 Å². The molecule has 0 bridgehead atoms. The second-order valence-electron chi connectivity index (χ2n) is 5.03. The van der Waals surface area contributed by atoms with Crippen LogP contribution in [0.4, 0.5) is 0 Å². The van der Waals surface area contributed by atoms with Crippen molar-refractivity contribution in [2.24, 2.45) is 7.05 Å². The molecule has 0 N–H and O–H groups in total. The third kappa shape index (κ3) is 2.11. The van der Waals surface area contributed by atoms with E-state index in [1.165, 1.54) is 0 Å². The summed E-state index contributed by atoms with van der Waals surface area (Å²) in [6.45, 7) is 2.39. The molecule has 0 saturated heterocycles. The molecule has 0 aliphatic rings. The van der Waals surface area contributed by atoms with Crippen LogP contribution in [-0.4, -0.2) is 10.4 Å². The van der Waals surface area contributed by atoms with E-state index in [1.807, 2.05) is 78.0 Å². The molecule has 100 valence electrons. The summed E-state index contributed by atoms with van der Waals surface area (Å²) in [6.07, 6.45) is 3.91. The van der Waals surface area contributed by atoms with Gasteiger partial charge in [-0.05, 0) is 10.8 Å². The number of hydrogen-bond donors (Lipinski definition) is 0. The molecule has 2 aromatic carbocycles. The summed E-state index contributed by atoms with van der Waals surface area (Å²) >= 11 is 0. The van der Waals surface area contributed by atoms with Gasteiger partial charge in [0.2, 0.25) is 5.78 Å². The number of nitrogens with zero attached hydrogens (tertiary/aromatic N) is 2. The second-order valence-corrected chi connectivity index (χ2v) is 5.03. The fourth-order valence-electron chi connectivity index (χ4n) is 2.47. The van der Waals surface area contributed by atoms with E-state index in [2.05, 4.69) is 0 Å². The number of imidazole rings is 1. The van der Waals surface area contributed by atoms with Crippen molar-refractivity contribution in [1.82, 2.24) is 4.57 Å².